The van der Waals surface area contributed by atoms with Crippen molar-refractivity contribution in [3.63, 3.8) is 0 Å². The van der Waals surface area contributed by atoms with E-state index in [4.69, 9.17) is 16.0 Å². The molecule has 0 radical (unpaired) electrons. The van der Waals surface area contributed by atoms with Crippen molar-refractivity contribution in [2.24, 2.45) is 0 Å². The summed E-state index contributed by atoms with van der Waals surface area (Å²) < 4.78 is 6.72. The Labute approximate surface area is 135 Å². The fraction of sp³-hybridized carbons (Fsp3) is 0.200. The molecule has 0 amide bonds. The van der Waals surface area contributed by atoms with Crippen LogP contribution in [0.1, 0.15) is 19.0 Å². The van der Waals surface area contributed by atoms with Crippen LogP contribution in [0.15, 0.2) is 34.7 Å². The van der Waals surface area contributed by atoms with Crippen molar-refractivity contribution in [3.05, 3.63) is 44.7 Å². The standard InChI is InChI=1S/C15H12ClIN2O/c1-2-5-10-13(17)14(16)19-15(18-10)12-8-9-6-3-4-7-11(9)20-12/h3-4,6-8H,2,5H2,1H3. The van der Waals surface area contributed by atoms with Crippen molar-refractivity contribution in [3.8, 4) is 11.6 Å². The van der Waals surface area contributed by atoms with Crippen LogP contribution in [0.5, 0.6) is 0 Å². The first-order valence-corrected chi connectivity index (χ1v) is 7.85. The number of hydrogen-bond acceptors (Lipinski definition) is 3. The molecule has 0 aliphatic heterocycles. The lowest BCUT2D eigenvalue weighted by Crippen LogP contribution is -2.00. The zero-order chi connectivity index (χ0) is 14.1. The predicted octanol–water partition coefficient (Wildman–Crippen LogP) is 5.10. The number of furan rings is 1. The molecule has 0 saturated heterocycles. The summed E-state index contributed by atoms with van der Waals surface area (Å²) in [7, 11) is 0. The molecule has 3 nitrogen and oxygen atoms in total. The van der Waals surface area contributed by atoms with Gasteiger partial charge in [0.25, 0.3) is 0 Å². The number of aryl methyl sites for hydroxylation is 1. The van der Waals surface area contributed by atoms with Crippen LogP contribution in [-0.4, -0.2) is 9.97 Å². The lowest BCUT2D eigenvalue weighted by molar-refractivity contribution is 0.624. The van der Waals surface area contributed by atoms with Crippen LogP contribution in [-0.2, 0) is 6.42 Å². The average molecular weight is 399 g/mol. The van der Waals surface area contributed by atoms with Crippen molar-refractivity contribution in [1.82, 2.24) is 9.97 Å². The van der Waals surface area contributed by atoms with Crippen molar-refractivity contribution < 1.29 is 4.42 Å². The number of hydrogen-bond donors (Lipinski definition) is 0. The monoisotopic (exact) mass is 398 g/mol. The molecule has 5 heteroatoms. The summed E-state index contributed by atoms with van der Waals surface area (Å²) in [5.74, 6) is 1.21. The number of rotatable bonds is 3. The zero-order valence-electron chi connectivity index (χ0n) is 10.9. The summed E-state index contributed by atoms with van der Waals surface area (Å²) in [6.45, 7) is 2.12. The van der Waals surface area contributed by atoms with E-state index in [2.05, 4.69) is 39.5 Å². The molecule has 1 aromatic carbocycles. The Morgan fingerprint density at radius 3 is 2.80 bits per heavy atom. The van der Waals surface area contributed by atoms with Gasteiger partial charge < -0.3 is 4.42 Å². The summed E-state index contributed by atoms with van der Waals surface area (Å²) in [4.78, 5) is 8.93. The average Bonchev–Trinajstić information content (AvgIpc) is 2.87. The molecule has 0 spiro atoms. The number of fused-ring (bicyclic) bond motifs is 1. The maximum Gasteiger partial charge on any atom is 0.197 e. The van der Waals surface area contributed by atoms with Crippen LogP contribution in [0.4, 0.5) is 0 Å². The molecule has 2 heterocycles. The second-order valence-electron chi connectivity index (χ2n) is 4.50. The topological polar surface area (TPSA) is 38.9 Å². The molecule has 0 N–H and O–H groups in total. The first-order chi connectivity index (χ1) is 9.69. The molecule has 2 aromatic heterocycles. The molecule has 0 saturated carbocycles. The van der Waals surface area contributed by atoms with Gasteiger partial charge in [-0.3, -0.25) is 0 Å². The van der Waals surface area contributed by atoms with E-state index in [-0.39, 0.29) is 0 Å². The van der Waals surface area contributed by atoms with Crippen LogP contribution in [0, 0.1) is 3.57 Å². The Kier molecular flexibility index (Phi) is 3.94. The number of nitrogens with zero attached hydrogens (tertiary/aromatic N) is 2. The second-order valence-corrected chi connectivity index (χ2v) is 5.93. The van der Waals surface area contributed by atoms with E-state index in [1.807, 2.05) is 30.3 Å². The molecule has 0 unspecified atom stereocenters. The molecule has 20 heavy (non-hydrogen) atoms. The van der Waals surface area contributed by atoms with E-state index >= 15 is 0 Å². The van der Waals surface area contributed by atoms with Crippen molar-refractivity contribution in [2.75, 3.05) is 0 Å². The molecule has 3 rings (SSSR count). The van der Waals surface area contributed by atoms with Gasteiger partial charge in [-0.25, -0.2) is 9.97 Å². The third-order valence-corrected chi connectivity index (χ3v) is 4.74. The first-order valence-electron chi connectivity index (χ1n) is 6.40. The largest absolute Gasteiger partial charge is 0.453 e. The van der Waals surface area contributed by atoms with E-state index in [9.17, 15) is 0 Å². The van der Waals surface area contributed by atoms with Gasteiger partial charge in [-0.15, -0.1) is 0 Å². The summed E-state index contributed by atoms with van der Waals surface area (Å²) in [6.07, 6.45) is 1.90. The predicted molar refractivity (Wildman–Crippen MR) is 89.0 cm³/mol. The third kappa shape index (κ3) is 2.54. The normalized spacial score (nSPS) is 11.2. The highest BCUT2D eigenvalue weighted by Crippen LogP contribution is 2.28. The van der Waals surface area contributed by atoms with Gasteiger partial charge in [0.15, 0.2) is 11.6 Å². The van der Waals surface area contributed by atoms with Gasteiger partial charge in [-0.1, -0.05) is 43.1 Å². The Balaban J connectivity index is 2.13. The number of aromatic nitrogens is 2. The molecule has 0 aliphatic carbocycles. The number of para-hydroxylation sites is 1. The Hall–Kier alpha value is -1.14. The fourth-order valence-corrected chi connectivity index (χ4v) is 2.77. The number of halogens is 2. The van der Waals surface area contributed by atoms with Gasteiger partial charge in [0, 0.05) is 5.39 Å². The van der Waals surface area contributed by atoms with Gasteiger partial charge in [0.05, 0.1) is 9.26 Å². The minimum atomic E-state index is 0.486. The van der Waals surface area contributed by atoms with Gasteiger partial charge in [0.2, 0.25) is 0 Å². The maximum atomic E-state index is 6.20. The molecular weight excluding hydrogens is 387 g/mol. The van der Waals surface area contributed by atoms with Crippen LogP contribution < -0.4 is 0 Å². The second kappa shape index (κ2) is 5.69. The van der Waals surface area contributed by atoms with E-state index in [0.29, 0.717) is 16.7 Å². The van der Waals surface area contributed by atoms with Gasteiger partial charge >= 0.3 is 0 Å². The van der Waals surface area contributed by atoms with Crippen molar-refractivity contribution >= 4 is 45.2 Å². The van der Waals surface area contributed by atoms with Crippen LogP contribution in [0.2, 0.25) is 5.15 Å². The first kappa shape index (κ1) is 13.8. The molecule has 3 aromatic rings. The van der Waals surface area contributed by atoms with Crippen LogP contribution in [0.25, 0.3) is 22.6 Å². The van der Waals surface area contributed by atoms with E-state index in [1.165, 1.54) is 0 Å². The van der Waals surface area contributed by atoms with Crippen LogP contribution in [0.3, 0.4) is 0 Å². The smallest absolute Gasteiger partial charge is 0.197 e. The van der Waals surface area contributed by atoms with Gasteiger partial charge in [-0.2, -0.15) is 0 Å². The summed E-state index contributed by atoms with van der Waals surface area (Å²) in [5.41, 5.74) is 1.81. The molecule has 102 valence electrons. The lowest BCUT2D eigenvalue weighted by Gasteiger charge is -2.05. The van der Waals surface area contributed by atoms with Gasteiger partial charge in [-0.05, 0) is 41.1 Å². The minimum Gasteiger partial charge on any atom is -0.453 e. The molecule has 0 bridgehead atoms. The lowest BCUT2D eigenvalue weighted by atomic mass is 10.2. The van der Waals surface area contributed by atoms with Gasteiger partial charge in [0.1, 0.15) is 10.7 Å². The molecule has 0 fully saturated rings. The van der Waals surface area contributed by atoms with Crippen molar-refractivity contribution in [2.45, 2.75) is 19.8 Å². The summed E-state index contributed by atoms with van der Waals surface area (Å²) >= 11 is 8.39. The highest BCUT2D eigenvalue weighted by molar-refractivity contribution is 14.1. The Morgan fingerprint density at radius 1 is 1.25 bits per heavy atom. The SMILES string of the molecule is CCCc1nc(-c2cc3ccccc3o2)nc(Cl)c1I. The summed E-state index contributed by atoms with van der Waals surface area (Å²) in [5, 5.41) is 1.53. The van der Waals surface area contributed by atoms with E-state index < -0.39 is 0 Å². The van der Waals surface area contributed by atoms with Crippen molar-refractivity contribution in [1.29, 1.82) is 0 Å². The van der Waals surface area contributed by atoms with Crippen LogP contribution >= 0.6 is 34.2 Å². The molecule has 0 atom stereocenters. The zero-order valence-corrected chi connectivity index (χ0v) is 13.8. The Morgan fingerprint density at radius 2 is 2.05 bits per heavy atom. The summed E-state index contributed by atoms with van der Waals surface area (Å²) in [6, 6.07) is 9.80. The molecular formula is C15H12ClIN2O. The maximum absolute atomic E-state index is 6.20. The highest BCUT2D eigenvalue weighted by Gasteiger charge is 2.14. The highest BCUT2D eigenvalue weighted by atomic mass is 127. The third-order valence-electron chi connectivity index (χ3n) is 3.01. The van der Waals surface area contributed by atoms with E-state index in [1.54, 1.807) is 0 Å². The number of benzene rings is 1. The van der Waals surface area contributed by atoms with E-state index in [0.717, 1.165) is 33.1 Å². The molecule has 0 aliphatic rings. The Bertz CT molecular complexity index is 737. The quantitative estimate of drug-likeness (QED) is 0.455. The fourth-order valence-electron chi connectivity index (χ4n) is 2.07. The minimum absolute atomic E-state index is 0.486.